The van der Waals surface area contributed by atoms with E-state index in [0.29, 0.717) is 12.1 Å². The highest BCUT2D eigenvalue weighted by atomic mass is 19.1. The lowest BCUT2D eigenvalue weighted by molar-refractivity contribution is 0.263. The van der Waals surface area contributed by atoms with E-state index in [1.165, 1.54) is 6.07 Å². The van der Waals surface area contributed by atoms with E-state index in [1.54, 1.807) is 6.07 Å². The molecule has 17 heavy (non-hydrogen) atoms. The van der Waals surface area contributed by atoms with Gasteiger partial charge in [-0.2, -0.15) is 0 Å². The van der Waals surface area contributed by atoms with Crippen molar-refractivity contribution >= 4 is 0 Å². The molecule has 0 radical (unpaired) electrons. The molecule has 0 aliphatic heterocycles. The standard InChI is InChI=1S/C14H22FNO/c1-11(16-12(2)9-10-17)7-8-13-5-3-4-6-14(13)15/h3-6,11-12,16-17H,7-10H2,1-2H3/t11?,12-/m1/s1. The number of aryl methyl sites for hydroxylation is 1. The second-order valence-electron chi connectivity index (χ2n) is 4.61. The van der Waals surface area contributed by atoms with Gasteiger partial charge in [-0.15, -0.1) is 0 Å². The molecule has 2 N–H and O–H groups in total. The molecular weight excluding hydrogens is 217 g/mol. The molecule has 0 saturated heterocycles. The van der Waals surface area contributed by atoms with Crippen molar-refractivity contribution in [1.82, 2.24) is 5.32 Å². The Balaban J connectivity index is 2.33. The van der Waals surface area contributed by atoms with Crippen LogP contribution < -0.4 is 5.32 Å². The summed E-state index contributed by atoms with van der Waals surface area (Å²) in [7, 11) is 0. The molecule has 0 fully saturated rings. The van der Waals surface area contributed by atoms with Crippen molar-refractivity contribution in [2.75, 3.05) is 6.61 Å². The van der Waals surface area contributed by atoms with E-state index in [2.05, 4.69) is 19.2 Å². The summed E-state index contributed by atoms with van der Waals surface area (Å²) < 4.78 is 13.4. The predicted octanol–water partition coefficient (Wildman–Crippen LogP) is 2.51. The third-order valence-corrected chi connectivity index (χ3v) is 2.94. The van der Waals surface area contributed by atoms with Gasteiger partial charge in [0.15, 0.2) is 0 Å². The first-order chi connectivity index (χ1) is 8.13. The molecule has 0 heterocycles. The monoisotopic (exact) mass is 239 g/mol. The molecule has 96 valence electrons. The second-order valence-corrected chi connectivity index (χ2v) is 4.61. The van der Waals surface area contributed by atoms with Gasteiger partial charge in [0.25, 0.3) is 0 Å². The maximum Gasteiger partial charge on any atom is 0.126 e. The summed E-state index contributed by atoms with van der Waals surface area (Å²) in [6, 6.07) is 7.54. The van der Waals surface area contributed by atoms with Crippen LogP contribution in [0.5, 0.6) is 0 Å². The molecule has 0 bridgehead atoms. The SMILES string of the molecule is CC(CCc1ccccc1F)N[C@H](C)CCO. The lowest BCUT2D eigenvalue weighted by atomic mass is 10.0. The minimum absolute atomic E-state index is 0.122. The van der Waals surface area contributed by atoms with Gasteiger partial charge in [-0.25, -0.2) is 4.39 Å². The minimum Gasteiger partial charge on any atom is -0.396 e. The molecule has 0 amide bonds. The van der Waals surface area contributed by atoms with Gasteiger partial charge in [0.05, 0.1) is 0 Å². The molecule has 2 atom stereocenters. The number of aliphatic hydroxyl groups excluding tert-OH is 1. The summed E-state index contributed by atoms with van der Waals surface area (Å²) >= 11 is 0. The minimum atomic E-state index is -0.122. The maximum absolute atomic E-state index is 13.4. The molecule has 1 aromatic carbocycles. The van der Waals surface area contributed by atoms with Crippen molar-refractivity contribution in [3.8, 4) is 0 Å². The second kappa shape index (κ2) is 7.41. The predicted molar refractivity (Wildman–Crippen MR) is 68.5 cm³/mol. The topological polar surface area (TPSA) is 32.3 Å². The normalized spacial score (nSPS) is 14.6. The fourth-order valence-electron chi connectivity index (χ4n) is 1.92. The van der Waals surface area contributed by atoms with Gasteiger partial charge in [0.2, 0.25) is 0 Å². The van der Waals surface area contributed by atoms with Gasteiger partial charge in [-0.1, -0.05) is 18.2 Å². The van der Waals surface area contributed by atoms with E-state index >= 15 is 0 Å². The number of rotatable bonds is 7. The van der Waals surface area contributed by atoms with E-state index < -0.39 is 0 Å². The van der Waals surface area contributed by atoms with Gasteiger partial charge in [0, 0.05) is 18.7 Å². The molecule has 0 aliphatic rings. The summed E-state index contributed by atoms with van der Waals surface area (Å²) in [6.45, 7) is 4.35. The van der Waals surface area contributed by atoms with Crippen LogP contribution in [-0.4, -0.2) is 23.8 Å². The average Bonchev–Trinajstić information content (AvgIpc) is 2.28. The van der Waals surface area contributed by atoms with Crippen LogP contribution in [0, 0.1) is 5.82 Å². The molecule has 1 aromatic rings. The summed E-state index contributed by atoms with van der Waals surface area (Å²) in [4.78, 5) is 0. The first-order valence-electron chi connectivity index (χ1n) is 6.23. The Bertz CT molecular complexity index is 330. The number of hydrogen-bond acceptors (Lipinski definition) is 2. The quantitative estimate of drug-likeness (QED) is 0.766. The van der Waals surface area contributed by atoms with E-state index in [0.717, 1.165) is 24.8 Å². The number of hydrogen-bond donors (Lipinski definition) is 2. The molecule has 1 unspecified atom stereocenters. The number of benzene rings is 1. The maximum atomic E-state index is 13.4. The Morgan fingerprint density at radius 2 is 1.82 bits per heavy atom. The zero-order chi connectivity index (χ0) is 12.7. The lowest BCUT2D eigenvalue weighted by Crippen LogP contribution is -2.35. The van der Waals surface area contributed by atoms with Gasteiger partial charge >= 0.3 is 0 Å². The fourth-order valence-corrected chi connectivity index (χ4v) is 1.92. The van der Waals surface area contributed by atoms with Crippen molar-refractivity contribution in [2.24, 2.45) is 0 Å². The van der Waals surface area contributed by atoms with E-state index in [4.69, 9.17) is 5.11 Å². The van der Waals surface area contributed by atoms with Crippen molar-refractivity contribution in [3.05, 3.63) is 35.6 Å². The van der Waals surface area contributed by atoms with Crippen molar-refractivity contribution in [2.45, 2.75) is 45.2 Å². The van der Waals surface area contributed by atoms with Crippen LogP contribution in [0.25, 0.3) is 0 Å². The zero-order valence-electron chi connectivity index (χ0n) is 10.6. The molecule has 3 heteroatoms. The van der Waals surface area contributed by atoms with E-state index in [9.17, 15) is 4.39 Å². The Labute approximate surface area is 103 Å². The average molecular weight is 239 g/mol. The third kappa shape index (κ3) is 5.29. The molecule has 0 aromatic heterocycles. The van der Waals surface area contributed by atoms with Crippen molar-refractivity contribution in [1.29, 1.82) is 0 Å². The highest BCUT2D eigenvalue weighted by Crippen LogP contribution is 2.10. The summed E-state index contributed by atoms with van der Waals surface area (Å²) in [5, 5.41) is 12.2. The molecule has 2 nitrogen and oxygen atoms in total. The Hall–Kier alpha value is -0.930. The van der Waals surface area contributed by atoms with Crippen LogP contribution in [0.2, 0.25) is 0 Å². The highest BCUT2D eigenvalue weighted by molar-refractivity contribution is 5.17. The highest BCUT2D eigenvalue weighted by Gasteiger charge is 2.08. The van der Waals surface area contributed by atoms with Crippen LogP contribution in [0.1, 0.15) is 32.3 Å². The number of aliphatic hydroxyl groups is 1. The Morgan fingerprint density at radius 1 is 1.18 bits per heavy atom. The molecule has 0 spiro atoms. The first kappa shape index (κ1) is 14.1. The molecule has 0 aliphatic carbocycles. The summed E-state index contributed by atoms with van der Waals surface area (Å²) in [5.41, 5.74) is 0.774. The van der Waals surface area contributed by atoms with Gasteiger partial charge < -0.3 is 10.4 Å². The van der Waals surface area contributed by atoms with Crippen LogP contribution >= 0.6 is 0 Å². The van der Waals surface area contributed by atoms with Crippen molar-refractivity contribution in [3.63, 3.8) is 0 Å². The van der Waals surface area contributed by atoms with E-state index in [-0.39, 0.29) is 12.4 Å². The van der Waals surface area contributed by atoms with Gasteiger partial charge in [0.1, 0.15) is 5.82 Å². The number of nitrogens with one attached hydrogen (secondary N) is 1. The van der Waals surface area contributed by atoms with Crippen molar-refractivity contribution < 1.29 is 9.50 Å². The van der Waals surface area contributed by atoms with Crippen LogP contribution in [0.3, 0.4) is 0 Å². The number of halogens is 1. The summed E-state index contributed by atoms with van der Waals surface area (Å²) in [6.07, 6.45) is 2.40. The van der Waals surface area contributed by atoms with Crippen LogP contribution in [-0.2, 0) is 6.42 Å². The largest absolute Gasteiger partial charge is 0.396 e. The van der Waals surface area contributed by atoms with Crippen LogP contribution in [0.4, 0.5) is 4.39 Å². The molecule has 1 rings (SSSR count). The van der Waals surface area contributed by atoms with Gasteiger partial charge in [-0.05, 0) is 44.7 Å². The Morgan fingerprint density at radius 3 is 2.47 bits per heavy atom. The van der Waals surface area contributed by atoms with E-state index in [1.807, 2.05) is 12.1 Å². The summed E-state index contributed by atoms with van der Waals surface area (Å²) in [5.74, 6) is -0.122. The van der Waals surface area contributed by atoms with Crippen LogP contribution in [0.15, 0.2) is 24.3 Å². The van der Waals surface area contributed by atoms with Gasteiger partial charge in [-0.3, -0.25) is 0 Å². The first-order valence-corrected chi connectivity index (χ1v) is 6.23. The molecular formula is C14H22FNO. The third-order valence-electron chi connectivity index (χ3n) is 2.94. The fraction of sp³-hybridized carbons (Fsp3) is 0.571. The molecule has 0 saturated carbocycles. The Kier molecular flexibility index (Phi) is 6.16. The smallest absolute Gasteiger partial charge is 0.126 e. The lowest BCUT2D eigenvalue weighted by Gasteiger charge is -2.19. The zero-order valence-corrected chi connectivity index (χ0v) is 10.6.